The lowest BCUT2D eigenvalue weighted by atomic mass is 10.4. The van der Waals surface area contributed by atoms with Gasteiger partial charge in [-0.2, -0.15) is 0 Å². The molecule has 0 saturated carbocycles. The second-order valence-electron chi connectivity index (χ2n) is 2.91. The van der Waals surface area contributed by atoms with Gasteiger partial charge in [0.2, 0.25) is 0 Å². The van der Waals surface area contributed by atoms with Gasteiger partial charge in [-0.3, -0.25) is 0 Å². The highest BCUT2D eigenvalue weighted by Gasteiger charge is 2.14. The first kappa shape index (κ1) is 13.7. The number of hydrogen-bond acceptors (Lipinski definition) is 4. The first-order valence-electron chi connectivity index (χ1n) is 4.82. The van der Waals surface area contributed by atoms with Gasteiger partial charge in [0.05, 0.1) is 12.7 Å². The molecule has 0 amide bonds. The molecule has 0 heterocycles. The summed E-state index contributed by atoms with van der Waals surface area (Å²) in [5, 5.41) is 0. The lowest BCUT2D eigenvalue weighted by Crippen LogP contribution is -2.21. The molecule has 0 aromatic heterocycles. The summed E-state index contributed by atoms with van der Waals surface area (Å²) in [7, 11) is 0. The van der Waals surface area contributed by atoms with Crippen molar-refractivity contribution < 1.29 is 19.0 Å². The molecule has 2 unspecified atom stereocenters. The van der Waals surface area contributed by atoms with Crippen LogP contribution in [-0.2, 0) is 19.0 Å². The summed E-state index contributed by atoms with van der Waals surface area (Å²) in [5.41, 5.74) is 0. The van der Waals surface area contributed by atoms with E-state index >= 15 is 0 Å². The van der Waals surface area contributed by atoms with E-state index in [2.05, 4.69) is 13.2 Å². The molecule has 0 bridgehead atoms. The maximum atomic E-state index is 11.1. The van der Waals surface area contributed by atoms with Crippen LogP contribution in [0.1, 0.15) is 20.8 Å². The standard InChI is InChI=1S/C11H18O4/c1-6-8(3)14-10(5)15-9(4)11(12)13-7-2/h6,8,10H,1,4,7H2,2-3,5H3. The minimum atomic E-state index is -0.570. The zero-order chi connectivity index (χ0) is 11.8. The summed E-state index contributed by atoms with van der Waals surface area (Å²) in [6.45, 7) is 12.5. The van der Waals surface area contributed by atoms with Crippen molar-refractivity contribution in [2.24, 2.45) is 0 Å². The second kappa shape index (κ2) is 7.06. The molecule has 0 fully saturated rings. The first-order valence-corrected chi connectivity index (χ1v) is 4.82. The third kappa shape index (κ3) is 5.91. The van der Waals surface area contributed by atoms with Crippen molar-refractivity contribution >= 4 is 5.97 Å². The maximum absolute atomic E-state index is 11.1. The third-order valence-electron chi connectivity index (χ3n) is 1.55. The van der Waals surface area contributed by atoms with E-state index in [9.17, 15) is 4.79 Å². The zero-order valence-electron chi connectivity index (χ0n) is 9.49. The number of carbonyl (C=O) groups is 1. The first-order chi connectivity index (χ1) is 7.01. The van der Waals surface area contributed by atoms with Gasteiger partial charge in [-0.05, 0) is 27.4 Å². The van der Waals surface area contributed by atoms with Crippen molar-refractivity contribution in [1.29, 1.82) is 0 Å². The quantitative estimate of drug-likeness (QED) is 0.214. The Bertz CT molecular complexity index is 235. The van der Waals surface area contributed by atoms with Crippen LogP contribution in [0.5, 0.6) is 0 Å². The highest BCUT2D eigenvalue weighted by Crippen LogP contribution is 2.06. The molecule has 4 heteroatoms. The highest BCUT2D eigenvalue weighted by molar-refractivity contribution is 5.85. The van der Waals surface area contributed by atoms with E-state index in [0.717, 1.165) is 0 Å². The molecule has 2 atom stereocenters. The average molecular weight is 214 g/mol. The summed E-state index contributed by atoms with van der Waals surface area (Å²) in [5.74, 6) is -0.625. The number of carbonyl (C=O) groups excluding carboxylic acids is 1. The minimum absolute atomic E-state index is 0.0550. The van der Waals surface area contributed by atoms with Crippen molar-refractivity contribution in [2.75, 3.05) is 6.61 Å². The van der Waals surface area contributed by atoms with Crippen LogP contribution in [-0.4, -0.2) is 25.0 Å². The number of hydrogen-bond donors (Lipinski definition) is 0. The smallest absolute Gasteiger partial charge is 0.373 e. The van der Waals surface area contributed by atoms with E-state index < -0.39 is 12.3 Å². The topological polar surface area (TPSA) is 44.8 Å². The molecule has 0 saturated heterocycles. The van der Waals surface area contributed by atoms with Gasteiger partial charge in [0.1, 0.15) is 0 Å². The molecule has 15 heavy (non-hydrogen) atoms. The number of esters is 1. The summed E-state index contributed by atoms with van der Waals surface area (Å²) in [6, 6.07) is 0. The fourth-order valence-electron chi connectivity index (χ4n) is 0.846. The van der Waals surface area contributed by atoms with Crippen LogP contribution in [0, 0.1) is 0 Å². The Hall–Kier alpha value is -1.29. The summed E-state index contributed by atoms with van der Waals surface area (Å²) < 4.78 is 15.1. The molecule has 0 rings (SSSR count). The van der Waals surface area contributed by atoms with Crippen molar-refractivity contribution in [3.63, 3.8) is 0 Å². The highest BCUT2D eigenvalue weighted by atomic mass is 16.7. The maximum Gasteiger partial charge on any atom is 0.373 e. The Morgan fingerprint density at radius 3 is 2.53 bits per heavy atom. The van der Waals surface area contributed by atoms with Crippen molar-refractivity contribution in [3.8, 4) is 0 Å². The second-order valence-corrected chi connectivity index (χ2v) is 2.91. The summed E-state index contributed by atoms with van der Waals surface area (Å²) >= 11 is 0. The van der Waals surface area contributed by atoms with Crippen molar-refractivity contribution in [2.45, 2.75) is 33.2 Å². The van der Waals surface area contributed by atoms with E-state index in [0.29, 0.717) is 6.61 Å². The Morgan fingerprint density at radius 2 is 2.07 bits per heavy atom. The van der Waals surface area contributed by atoms with E-state index in [1.165, 1.54) is 0 Å². The third-order valence-corrected chi connectivity index (χ3v) is 1.55. The molecule has 0 aliphatic carbocycles. The van der Waals surface area contributed by atoms with Gasteiger partial charge in [0.25, 0.3) is 0 Å². The molecule has 0 aromatic carbocycles. The van der Waals surface area contributed by atoms with Gasteiger partial charge in [-0.15, -0.1) is 6.58 Å². The zero-order valence-corrected chi connectivity index (χ0v) is 9.49. The molecule has 0 aromatic rings. The van der Waals surface area contributed by atoms with Gasteiger partial charge in [-0.25, -0.2) is 4.79 Å². The van der Waals surface area contributed by atoms with E-state index in [-0.39, 0.29) is 11.9 Å². The predicted octanol–water partition coefficient (Wildman–Crippen LogP) is 2.02. The Kier molecular flexibility index (Phi) is 6.45. The normalized spacial score (nSPS) is 13.8. The number of rotatable bonds is 7. The van der Waals surface area contributed by atoms with Gasteiger partial charge in [-0.1, -0.05) is 6.08 Å². The molecule has 86 valence electrons. The van der Waals surface area contributed by atoms with Crippen molar-refractivity contribution in [1.82, 2.24) is 0 Å². The van der Waals surface area contributed by atoms with Gasteiger partial charge < -0.3 is 14.2 Å². The average Bonchev–Trinajstić information content (AvgIpc) is 2.17. The van der Waals surface area contributed by atoms with E-state index in [1.807, 2.05) is 6.92 Å². The van der Waals surface area contributed by atoms with Crippen LogP contribution in [0.25, 0.3) is 0 Å². The van der Waals surface area contributed by atoms with Gasteiger partial charge >= 0.3 is 5.97 Å². The lowest BCUT2D eigenvalue weighted by Gasteiger charge is -2.18. The van der Waals surface area contributed by atoms with E-state index in [1.54, 1.807) is 19.9 Å². The van der Waals surface area contributed by atoms with Crippen molar-refractivity contribution in [3.05, 3.63) is 25.0 Å². The summed E-state index contributed by atoms with van der Waals surface area (Å²) in [4.78, 5) is 11.1. The Labute approximate surface area is 90.5 Å². The molecule has 4 nitrogen and oxygen atoms in total. The van der Waals surface area contributed by atoms with Crippen LogP contribution in [0.4, 0.5) is 0 Å². The number of ether oxygens (including phenoxy) is 3. The van der Waals surface area contributed by atoms with E-state index in [4.69, 9.17) is 14.2 Å². The molecule has 0 radical (unpaired) electrons. The molecule has 0 aliphatic heterocycles. The summed E-state index contributed by atoms with van der Waals surface area (Å²) in [6.07, 6.45) is 0.928. The van der Waals surface area contributed by atoms with Crippen LogP contribution in [0.2, 0.25) is 0 Å². The van der Waals surface area contributed by atoms with Gasteiger partial charge in [0, 0.05) is 0 Å². The van der Waals surface area contributed by atoms with Crippen LogP contribution < -0.4 is 0 Å². The molecular formula is C11H18O4. The largest absolute Gasteiger partial charge is 0.460 e. The fraction of sp³-hybridized carbons (Fsp3) is 0.545. The fourth-order valence-corrected chi connectivity index (χ4v) is 0.846. The minimum Gasteiger partial charge on any atom is -0.460 e. The molecule has 0 N–H and O–H groups in total. The predicted molar refractivity (Wildman–Crippen MR) is 57.1 cm³/mol. The molecular weight excluding hydrogens is 196 g/mol. The molecule has 0 spiro atoms. The Morgan fingerprint density at radius 1 is 1.47 bits per heavy atom. The Balaban J connectivity index is 3.95. The SMILES string of the molecule is C=CC(C)OC(C)OC(=C)C(=O)OCC. The van der Waals surface area contributed by atoms with Crippen LogP contribution in [0.3, 0.4) is 0 Å². The monoisotopic (exact) mass is 214 g/mol. The lowest BCUT2D eigenvalue weighted by molar-refractivity contribution is -0.156. The van der Waals surface area contributed by atoms with Crippen LogP contribution in [0.15, 0.2) is 25.0 Å². The molecule has 0 aliphatic rings. The van der Waals surface area contributed by atoms with Gasteiger partial charge in [0.15, 0.2) is 12.0 Å². The van der Waals surface area contributed by atoms with Crippen LogP contribution >= 0.6 is 0 Å².